The molecular formula is C13H16N2O2. The van der Waals surface area contributed by atoms with E-state index in [1.54, 1.807) is 32.4 Å². The van der Waals surface area contributed by atoms with Gasteiger partial charge in [-0.2, -0.15) is 5.26 Å². The third kappa shape index (κ3) is 2.91. The molecule has 0 saturated heterocycles. The molecular weight excluding hydrogens is 216 g/mol. The van der Waals surface area contributed by atoms with Crippen molar-refractivity contribution in [2.75, 3.05) is 14.2 Å². The van der Waals surface area contributed by atoms with Gasteiger partial charge in [0.1, 0.15) is 11.5 Å². The number of nitrogens with zero attached hydrogens (tertiary/aromatic N) is 1. The lowest BCUT2D eigenvalue weighted by molar-refractivity contribution is 0.394. The topological polar surface area (TPSA) is 68.3 Å². The Kier molecular flexibility index (Phi) is 4.41. The summed E-state index contributed by atoms with van der Waals surface area (Å²) in [5.41, 5.74) is 7.71. The normalized spacial score (nSPS) is 11.4. The Labute approximate surface area is 101 Å². The molecule has 1 aromatic carbocycles. The van der Waals surface area contributed by atoms with E-state index in [4.69, 9.17) is 20.5 Å². The average molecular weight is 232 g/mol. The highest BCUT2D eigenvalue weighted by Crippen LogP contribution is 2.26. The van der Waals surface area contributed by atoms with Crippen LogP contribution in [-0.2, 0) is 0 Å². The van der Waals surface area contributed by atoms with Gasteiger partial charge >= 0.3 is 0 Å². The van der Waals surface area contributed by atoms with Crippen LogP contribution in [0.25, 0.3) is 5.70 Å². The predicted octanol–water partition coefficient (Wildman–Crippen LogP) is 2.31. The van der Waals surface area contributed by atoms with Crippen molar-refractivity contribution in [3.8, 4) is 17.6 Å². The molecule has 0 saturated carbocycles. The largest absolute Gasteiger partial charge is 0.497 e. The first-order valence-corrected chi connectivity index (χ1v) is 5.28. The molecule has 0 radical (unpaired) electrons. The van der Waals surface area contributed by atoms with Crippen LogP contribution >= 0.6 is 0 Å². The smallest absolute Gasteiger partial charge is 0.123 e. The molecule has 0 aliphatic heterocycles. The number of hydrogen-bond donors (Lipinski definition) is 1. The monoisotopic (exact) mass is 232 g/mol. The molecule has 17 heavy (non-hydrogen) atoms. The first-order valence-electron chi connectivity index (χ1n) is 5.28. The summed E-state index contributed by atoms with van der Waals surface area (Å²) in [6, 6.07) is 7.42. The molecule has 0 heterocycles. The number of rotatable bonds is 4. The van der Waals surface area contributed by atoms with Gasteiger partial charge in [0, 0.05) is 11.6 Å². The summed E-state index contributed by atoms with van der Waals surface area (Å²) < 4.78 is 10.3. The number of ether oxygens (including phenoxy) is 2. The summed E-state index contributed by atoms with van der Waals surface area (Å²) in [4.78, 5) is 0. The summed E-state index contributed by atoms with van der Waals surface area (Å²) in [6.45, 7) is 1.89. The van der Waals surface area contributed by atoms with Crippen LogP contribution in [0.15, 0.2) is 23.8 Å². The highest BCUT2D eigenvalue weighted by Gasteiger charge is 2.07. The minimum atomic E-state index is 0.465. The molecule has 0 aromatic heterocycles. The fourth-order valence-electron chi connectivity index (χ4n) is 1.47. The maximum atomic E-state index is 8.96. The zero-order chi connectivity index (χ0) is 12.8. The second kappa shape index (κ2) is 5.80. The fourth-order valence-corrected chi connectivity index (χ4v) is 1.47. The van der Waals surface area contributed by atoms with E-state index in [1.807, 2.05) is 6.92 Å². The van der Waals surface area contributed by atoms with Gasteiger partial charge in [0.05, 0.1) is 31.6 Å². The molecule has 0 spiro atoms. The van der Waals surface area contributed by atoms with Gasteiger partial charge in [-0.25, -0.2) is 0 Å². The second-order valence-corrected chi connectivity index (χ2v) is 3.46. The standard InChI is InChI=1S/C13H16N2O2/c1-4-9(8-14)13(15)10-5-11(16-2)7-12(6-10)17-3/h5-7H,4,15H2,1-3H3/b13-9-. The summed E-state index contributed by atoms with van der Waals surface area (Å²) >= 11 is 0. The molecule has 0 aliphatic carbocycles. The number of methoxy groups -OCH3 is 2. The van der Waals surface area contributed by atoms with Gasteiger partial charge in [-0.3, -0.25) is 0 Å². The molecule has 0 fully saturated rings. The molecule has 0 amide bonds. The molecule has 0 unspecified atom stereocenters. The number of benzene rings is 1. The average Bonchev–Trinajstić information content (AvgIpc) is 2.39. The van der Waals surface area contributed by atoms with Gasteiger partial charge in [-0.1, -0.05) is 6.92 Å². The number of hydrogen-bond acceptors (Lipinski definition) is 4. The van der Waals surface area contributed by atoms with Gasteiger partial charge in [0.15, 0.2) is 0 Å². The number of allylic oxidation sites excluding steroid dienone is 1. The van der Waals surface area contributed by atoms with Crippen LogP contribution in [0.4, 0.5) is 0 Å². The van der Waals surface area contributed by atoms with Crippen molar-refractivity contribution < 1.29 is 9.47 Å². The zero-order valence-electron chi connectivity index (χ0n) is 10.3. The van der Waals surface area contributed by atoms with Crippen LogP contribution in [-0.4, -0.2) is 14.2 Å². The minimum absolute atomic E-state index is 0.465. The number of nitrogens with two attached hydrogens (primary N) is 1. The Balaban J connectivity index is 3.31. The van der Waals surface area contributed by atoms with E-state index in [2.05, 4.69) is 6.07 Å². The quantitative estimate of drug-likeness (QED) is 0.809. The third-order valence-electron chi connectivity index (χ3n) is 2.48. The molecule has 1 rings (SSSR count). The summed E-state index contributed by atoms with van der Waals surface area (Å²) in [6.07, 6.45) is 0.599. The van der Waals surface area contributed by atoms with Gasteiger partial charge in [0.2, 0.25) is 0 Å². The van der Waals surface area contributed by atoms with Crippen molar-refractivity contribution in [1.82, 2.24) is 0 Å². The molecule has 1 aromatic rings. The van der Waals surface area contributed by atoms with E-state index in [-0.39, 0.29) is 0 Å². The van der Waals surface area contributed by atoms with Crippen molar-refractivity contribution in [3.63, 3.8) is 0 Å². The van der Waals surface area contributed by atoms with Crippen molar-refractivity contribution in [2.24, 2.45) is 5.73 Å². The molecule has 2 N–H and O–H groups in total. The van der Waals surface area contributed by atoms with Gasteiger partial charge in [-0.05, 0) is 18.6 Å². The maximum absolute atomic E-state index is 8.96. The first-order chi connectivity index (χ1) is 8.15. The lowest BCUT2D eigenvalue weighted by Crippen LogP contribution is -2.01. The SMILES string of the molecule is CC/C(C#N)=C(/N)c1cc(OC)cc(OC)c1. The van der Waals surface area contributed by atoms with E-state index in [1.165, 1.54) is 0 Å². The van der Waals surface area contributed by atoms with Crippen LogP contribution < -0.4 is 15.2 Å². The third-order valence-corrected chi connectivity index (χ3v) is 2.48. The fraction of sp³-hybridized carbons (Fsp3) is 0.308. The Morgan fingerprint density at radius 3 is 2.12 bits per heavy atom. The molecule has 0 atom stereocenters. The van der Waals surface area contributed by atoms with Gasteiger partial charge < -0.3 is 15.2 Å². The summed E-state index contributed by atoms with van der Waals surface area (Å²) in [7, 11) is 3.15. The molecule has 4 heteroatoms. The van der Waals surface area contributed by atoms with Gasteiger partial charge in [0.25, 0.3) is 0 Å². The molecule has 90 valence electrons. The molecule has 4 nitrogen and oxygen atoms in total. The summed E-state index contributed by atoms with van der Waals surface area (Å²) in [5, 5.41) is 8.96. The Bertz CT molecular complexity index is 451. The van der Waals surface area contributed by atoms with E-state index < -0.39 is 0 Å². The predicted molar refractivity (Wildman–Crippen MR) is 66.6 cm³/mol. The molecule has 0 aliphatic rings. The van der Waals surface area contributed by atoms with Crippen LogP contribution in [0.3, 0.4) is 0 Å². The first kappa shape index (κ1) is 12.9. The zero-order valence-corrected chi connectivity index (χ0v) is 10.3. The second-order valence-electron chi connectivity index (χ2n) is 3.46. The summed E-state index contributed by atoms with van der Waals surface area (Å²) in [5.74, 6) is 1.30. The minimum Gasteiger partial charge on any atom is -0.497 e. The van der Waals surface area contributed by atoms with E-state index in [0.717, 1.165) is 5.56 Å². The maximum Gasteiger partial charge on any atom is 0.123 e. The highest BCUT2D eigenvalue weighted by atomic mass is 16.5. The number of nitriles is 1. The highest BCUT2D eigenvalue weighted by molar-refractivity contribution is 5.71. The van der Waals surface area contributed by atoms with Gasteiger partial charge in [-0.15, -0.1) is 0 Å². The van der Waals surface area contributed by atoms with E-state index in [0.29, 0.717) is 29.2 Å². The van der Waals surface area contributed by atoms with E-state index in [9.17, 15) is 0 Å². The van der Waals surface area contributed by atoms with Crippen molar-refractivity contribution in [2.45, 2.75) is 13.3 Å². The Hall–Kier alpha value is -2.15. The van der Waals surface area contributed by atoms with Crippen molar-refractivity contribution in [1.29, 1.82) is 5.26 Å². The Morgan fingerprint density at radius 2 is 1.76 bits per heavy atom. The van der Waals surface area contributed by atoms with Crippen LogP contribution in [0.1, 0.15) is 18.9 Å². The van der Waals surface area contributed by atoms with Crippen LogP contribution in [0.5, 0.6) is 11.5 Å². The lowest BCUT2D eigenvalue weighted by Gasteiger charge is -2.09. The molecule has 0 bridgehead atoms. The van der Waals surface area contributed by atoms with E-state index >= 15 is 0 Å². The van der Waals surface area contributed by atoms with Crippen molar-refractivity contribution in [3.05, 3.63) is 29.3 Å². The van der Waals surface area contributed by atoms with Crippen molar-refractivity contribution >= 4 is 5.70 Å². The van der Waals surface area contributed by atoms with Crippen LogP contribution in [0.2, 0.25) is 0 Å². The van der Waals surface area contributed by atoms with Crippen LogP contribution in [0, 0.1) is 11.3 Å². The lowest BCUT2D eigenvalue weighted by atomic mass is 10.1. The Morgan fingerprint density at radius 1 is 1.24 bits per heavy atom.